The van der Waals surface area contributed by atoms with Crippen LogP contribution in [0.1, 0.15) is 16.1 Å². The number of imidazole rings is 1. The van der Waals surface area contributed by atoms with Crippen molar-refractivity contribution in [1.82, 2.24) is 14.9 Å². The van der Waals surface area contributed by atoms with Gasteiger partial charge >= 0.3 is 0 Å². The molecular formula is C18H20N6O3. The number of hydrogen-bond acceptors (Lipinski definition) is 6. The normalized spacial score (nSPS) is 12.7. The van der Waals surface area contributed by atoms with E-state index in [2.05, 4.69) is 10.3 Å². The summed E-state index contributed by atoms with van der Waals surface area (Å²) in [5.74, 6) is -2.46. The number of amides is 2. The molecule has 0 spiro atoms. The molecule has 0 aliphatic heterocycles. The molecule has 0 bridgehead atoms. The van der Waals surface area contributed by atoms with E-state index in [1.807, 2.05) is 6.07 Å². The Balaban J connectivity index is 2.25. The lowest BCUT2D eigenvalue weighted by molar-refractivity contribution is -0.137. The summed E-state index contributed by atoms with van der Waals surface area (Å²) in [5.41, 5.74) is 17.1. The minimum atomic E-state index is -1.13. The second kappa shape index (κ2) is 8.99. The maximum Gasteiger partial charge on any atom is 0.287 e. The molecule has 0 radical (unpaired) electrons. The van der Waals surface area contributed by atoms with Gasteiger partial charge in [0, 0.05) is 6.42 Å². The molecular weight excluding hydrogens is 348 g/mol. The van der Waals surface area contributed by atoms with Gasteiger partial charge < -0.3 is 22.5 Å². The van der Waals surface area contributed by atoms with Crippen LogP contribution >= 0.6 is 0 Å². The maximum absolute atomic E-state index is 12.6. The van der Waals surface area contributed by atoms with Crippen molar-refractivity contribution in [2.45, 2.75) is 12.5 Å². The van der Waals surface area contributed by atoms with Crippen molar-refractivity contribution in [1.29, 1.82) is 0 Å². The number of aromatic nitrogens is 2. The third-order valence-electron chi connectivity index (χ3n) is 3.67. The van der Waals surface area contributed by atoms with Gasteiger partial charge in [-0.05, 0) is 23.9 Å². The Morgan fingerprint density at radius 2 is 1.89 bits per heavy atom. The summed E-state index contributed by atoms with van der Waals surface area (Å²) in [6.07, 6.45) is 7.00. The smallest absolute Gasteiger partial charge is 0.287 e. The molecule has 9 heteroatoms. The van der Waals surface area contributed by atoms with Crippen molar-refractivity contribution in [3.63, 3.8) is 0 Å². The average molecular weight is 368 g/mol. The number of ketones is 1. The molecule has 2 aromatic rings. The van der Waals surface area contributed by atoms with Gasteiger partial charge in [-0.3, -0.25) is 19.0 Å². The van der Waals surface area contributed by atoms with Crippen LogP contribution in [-0.4, -0.2) is 33.2 Å². The number of nitrogens with zero attached hydrogens (tertiary/aromatic N) is 2. The lowest BCUT2D eigenvalue weighted by atomic mass is 10.0. The average Bonchev–Trinajstić information content (AvgIpc) is 3.15. The summed E-state index contributed by atoms with van der Waals surface area (Å²) in [6, 6.07) is 7.82. The van der Waals surface area contributed by atoms with Crippen molar-refractivity contribution in [3.8, 4) is 0 Å². The largest absolute Gasteiger partial charge is 0.405 e. The minimum Gasteiger partial charge on any atom is -0.405 e. The summed E-state index contributed by atoms with van der Waals surface area (Å²) in [5, 5.41) is 2.52. The van der Waals surface area contributed by atoms with Gasteiger partial charge in [-0.15, -0.1) is 0 Å². The van der Waals surface area contributed by atoms with Gasteiger partial charge in [-0.2, -0.15) is 0 Å². The molecule has 7 N–H and O–H groups in total. The van der Waals surface area contributed by atoms with E-state index in [1.165, 1.54) is 35.4 Å². The van der Waals surface area contributed by atoms with Gasteiger partial charge in [0.2, 0.25) is 5.78 Å². The molecule has 1 aromatic heterocycles. The van der Waals surface area contributed by atoms with Crippen molar-refractivity contribution < 1.29 is 14.4 Å². The maximum atomic E-state index is 12.6. The Labute approximate surface area is 155 Å². The third kappa shape index (κ3) is 5.05. The molecule has 140 valence electrons. The fourth-order valence-electron chi connectivity index (χ4n) is 2.37. The second-order valence-electron chi connectivity index (χ2n) is 5.57. The number of hydrogen-bond donors (Lipinski definition) is 4. The van der Waals surface area contributed by atoms with E-state index >= 15 is 0 Å². The topological polar surface area (TPSA) is 159 Å². The highest BCUT2D eigenvalue weighted by Gasteiger charge is 2.27. The lowest BCUT2D eigenvalue weighted by Gasteiger charge is -2.17. The quantitative estimate of drug-likeness (QED) is 0.363. The number of primary amides is 1. The number of carbonyl (C=O) groups is 3. The highest BCUT2D eigenvalue weighted by atomic mass is 16.2. The zero-order valence-corrected chi connectivity index (χ0v) is 14.4. The van der Waals surface area contributed by atoms with Crippen LogP contribution in [0.25, 0.3) is 5.82 Å². The Morgan fingerprint density at radius 3 is 2.52 bits per heavy atom. The second-order valence-corrected chi connectivity index (χ2v) is 5.57. The first-order valence-corrected chi connectivity index (χ1v) is 7.99. The number of nitrogens with one attached hydrogen (secondary N) is 1. The van der Waals surface area contributed by atoms with Crippen LogP contribution in [-0.2, 0) is 16.0 Å². The van der Waals surface area contributed by atoms with Crippen LogP contribution in [0.15, 0.2) is 61.2 Å². The van der Waals surface area contributed by atoms with Crippen molar-refractivity contribution >= 4 is 23.4 Å². The van der Waals surface area contributed by atoms with E-state index in [0.717, 1.165) is 5.56 Å². The number of nitrogens with two attached hydrogens (primary N) is 3. The van der Waals surface area contributed by atoms with E-state index in [1.54, 1.807) is 24.3 Å². The zero-order valence-electron chi connectivity index (χ0n) is 14.4. The fraction of sp³-hybridized carbons (Fsp3) is 0.111. The monoisotopic (exact) mass is 368 g/mol. The van der Waals surface area contributed by atoms with E-state index in [0.29, 0.717) is 0 Å². The van der Waals surface area contributed by atoms with E-state index in [4.69, 9.17) is 17.2 Å². The molecule has 1 unspecified atom stereocenters. The summed E-state index contributed by atoms with van der Waals surface area (Å²) >= 11 is 0. The SMILES string of the molecule is N/C=C\C=C(/N)n1cncc1C(=O)NC(Cc1ccccc1)C(=O)C(N)=O. The molecule has 0 saturated carbocycles. The van der Waals surface area contributed by atoms with Gasteiger partial charge in [0.05, 0.1) is 6.20 Å². The molecule has 0 aliphatic carbocycles. The molecule has 0 aliphatic rings. The predicted molar refractivity (Wildman–Crippen MR) is 99.6 cm³/mol. The molecule has 27 heavy (non-hydrogen) atoms. The number of Topliss-reactive ketones (excluding diaryl/α,β-unsaturated/α-hetero) is 1. The highest BCUT2D eigenvalue weighted by Crippen LogP contribution is 2.08. The first-order valence-electron chi connectivity index (χ1n) is 7.99. The van der Waals surface area contributed by atoms with Crippen LogP contribution in [0.5, 0.6) is 0 Å². The minimum absolute atomic E-state index is 0.0875. The van der Waals surface area contributed by atoms with Gasteiger partial charge in [0.15, 0.2) is 0 Å². The Morgan fingerprint density at radius 1 is 1.19 bits per heavy atom. The van der Waals surface area contributed by atoms with E-state index < -0.39 is 23.6 Å². The fourth-order valence-corrected chi connectivity index (χ4v) is 2.37. The molecule has 1 atom stereocenters. The highest BCUT2D eigenvalue weighted by molar-refractivity contribution is 6.38. The van der Waals surface area contributed by atoms with Crippen LogP contribution in [0.4, 0.5) is 0 Å². The zero-order chi connectivity index (χ0) is 19.8. The van der Waals surface area contributed by atoms with E-state index in [9.17, 15) is 14.4 Å². The van der Waals surface area contributed by atoms with Crippen molar-refractivity contribution in [2.75, 3.05) is 0 Å². The molecule has 0 saturated heterocycles. The van der Waals surface area contributed by atoms with Crippen LogP contribution in [0.3, 0.4) is 0 Å². The lowest BCUT2D eigenvalue weighted by Crippen LogP contribution is -2.47. The van der Waals surface area contributed by atoms with Gasteiger partial charge in [-0.1, -0.05) is 30.3 Å². The number of allylic oxidation sites excluding steroid dienone is 2. The number of carbonyl (C=O) groups excluding carboxylic acids is 3. The Bertz CT molecular complexity index is 886. The predicted octanol–water partition coefficient (Wildman–Crippen LogP) is -0.492. The van der Waals surface area contributed by atoms with Crippen LogP contribution in [0, 0.1) is 0 Å². The van der Waals surface area contributed by atoms with Gasteiger partial charge in [-0.25, -0.2) is 4.98 Å². The standard InChI is InChI=1S/C18H20N6O3/c19-8-4-7-15(20)24-11-22-10-14(24)18(27)23-13(16(25)17(21)26)9-12-5-2-1-3-6-12/h1-8,10-11,13H,9,19-20H2,(H2,21,26)(H,23,27)/b8-4-,15-7+. The Kier molecular flexibility index (Phi) is 6.48. The van der Waals surface area contributed by atoms with Crippen molar-refractivity contribution in [2.24, 2.45) is 17.2 Å². The van der Waals surface area contributed by atoms with Crippen LogP contribution < -0.4 is 22.5 Å². The molecule has 2 rings (SSSR count). The van der Waals surface area contributed by atoms with Crippen molar-refractivity contribution in [3.05, 3.63) is 72.5 Å². The number of benzene rings is 1. The first kappa shape index (κ1) is 19.4. The summed E-state index contributed by atoms with van der Waals surface area (Å²) in [7, 11) is 0. The Hall–Kier alpha value is -3.88. The van der Waals surface area contributed by atoms with E-state index in [-0.39, 0.29) is 17.9 Å². The summed E-state index contributed by atoms with van der Waals surface area (Å²) in [4.78, 5) is 40.0. The summed E-state index contributed by atoms with van der Waals surface area (Å²) in [6.45, 7) is 0. The molecule has 9 nitrogen and oxygen atoms in total. The molecule has 1 aromatic carbocycles. The van der Waals surface area contributed by atoms with Gasteiger partial charge in [0.1, 0.15) is 23.9 Å². The molecule has 2 amide bonds. The van der Waals surface area contributed by atoms with Crippen LogP contribution in [0.2, 0.25) is 0 Å². The third-order valence-corrected chi connectivity index (χ3v) is 3.67. The first-order chi connectivity index (χ1) is 12.9. The molecule has 0 fully saturated rings. The molecule has 1 heterocycles. The summed E-state index contributed by atoms with van der Waals surface area (Å²) < 4.78 is 1.32. The van der Waals surface area contributed by atoms with Gasteiger partial charge in [0.25, 0.3) is 11.8 Å². The number of rotatable bonds is 8.